The average molecular weight is 180 g/mol. The molecule has 0 unspecified atom stereocenters. The van der Waals surface area contributed by atoms with Gasteiger partial charge in [0.2, 0.25) is 5.91 Å². The van der Waals surface area contributed by atoms with Crippen molar-refractivity contribution in [3.63, 3.8) is 0 Å². The summed E-state index contributed by atoms with van der Waals surface area (Å²) in [6, 6.07) is 0. The monoisotopic (exact) mass is 180 g/mol. The standard InChI is InChI=1S/C10H16N2O/c13-10(8-6-7-8)12-11-9-4-2-1-3-5-9/h8H,1-7H2,(H,12,13). The third kappa shape index (κ3) is 2.54. The zero-order valence-electron chi connectivity index (χ0n) is 7.88. The molecule has 2 rings (SSSR count). The fraction of sp³-hybridized carbons (Fsp3) is 0.800. The van der Waals surface area contributed by atoms with Crippen LogP contribution in [0, 0.1) is 5.92 Å². The second-order valence-electron chi connectivity index (χ2n) is 3.99. The molecular formula is C10H16N2O. The number of hydrazone groups is 1. The molecule has 0 aromatic heterocycles. The highest BCUT2D eigenvalue weighted by Gasteiger charge is 2.29. The molecule has 0 heterocycles. The minimum atomic E-state index is 0.123. The van der Waals surface area contributed by atoms with Crippen LogP contribution in [0.2, 0.25) is 0 Å². The lowest BCUT2D eigenvalue weighted by Crippen LogP contribution is -2.21. The van der Waals surface area contributed by atoms with E-state index in [-0.39, 0.29) is 11.8 Å². The van der Waals surface area contributed by atoms with Crippen LogP contribution >= 0.6 is 0 Å². The van der Waals surface area contributed by atoms with Gasteiger partial charge in [-0.3, -0.25) is 4.79 Å². The van der Waals surface area contributed by atoms with Crippen LogP contribution in [0.1, 0.15) is 44.9 Å². The van der Waals surface area contributed by atoms with Gasteiger partial charge in [0.25, 0.3) is 0 Å². The summed E-state index contributed by atoms with van der Waals surface area (Å²) in [5.41, 5.74) is 3.84. The van der Waals surface area contributed by atoms with E-state index >= 15 is 0 Å². The average Bonchev–Trinajstić information content (AvgIpc) is 2.99. The Balaban J connectivity index is 1.77. The zero-order chi connectivity index (χ0) is 9.10. The maximum absolute atomic E-state index is 11.2. The third-order valence-electron chi connectivity index (χ3n) is 2.70. The van der Waals surface area contributed by atoms with Crippen LogP contribution in [0.25, 0.3) is 0 Å². The summed E-state index contributed by atoms with van der Waals surface area (Å²) in [5, 5.41) is 4.16. The number of nitrogens with zero attached hydrogens (tertiary/aromatic N) is 1. The highest BCUT2D eigenvalue weighted by molar-refractivity contribution is 5.87. The predicted octanol–water partition coefficient (Wildman–Crippen LogP) is 1.83. The molecule has 0 aliphatic heterocycles. The van der Waals surface area contributed by atoms with Gasteiger partial charge in [-0.15, -0.1) is 0 Å². The van der Waals surface area contributed by atoms with E-state index in [0.29, 0.717) is 0 Å². The first-order valence-electron chi connectivity index (χ1n) is 5.21. The quantitative estimate of drug-likeness (QED) is 0.647. The number of hydrogen-bond donors (Lipinski definition) is 1. The lowest BCUT2D eigenvalue weighted by Gasteiger charge is -2.11. The molecule has 1 N–H and O–H groups in total. The minimum absolute atomic E-state index is 0.123. The van der Waals surface area contributed by atoms with Gasteiger partial charge in [0.1, 0.15) is 0 Å². The first kappa shape index (κ1) is 8.73. The van der Waals surface area contributed by atoms with E-state index in [9.17, 15) is 4.79 Å². The van der Waals surface area contributed by atoms with Gasteiger partial charge >= 0.3 is 0 Å². The van der Waals surface area contributed by atoms with Crippen LogP contribution in [-0.2, 0) is 4.79 Å². The van der Waals surface area contributed by atoms with Crippen LogP contribution in [0.4, 0.5) is 0 Å². The molecule has 0 saturated heterocycles. The van der Waals surface area contributed by atoms with Crippen LogP contribution < -0.4 is 5.43 Å². The molecule has 72 valence electrons. The number of carbonyl (C=O) groups is 1. The second-order valence-corrected chi connectivity index (χ2v) is 3.99. The first-order chi connectivity index (χ1) is 6.36. The molecule has 1 amide bonds. The maximum atomic E-state index is 11.2. The molecule has 2 aliphatic rings. The summed E-state index contributed by atoms with van der Waals surface area (Å²) in [4.78, 5) is 11.2. The zero-order valence-corrected chi connectivity index (χ0v) is 7.88. The number of hydrogen-bond acceptors (Lipinski definition) is 2. The predicted molar refractivity (Wildman–Crippen MR) is 51.4 cm³/mol. The molecule has 2 fully saturated rings. The van der Waals surface area contributed by atoms with Crippen molar-refractivity contribution < 1.29 is 4.79 Å². The van der Waals surface area contributed by atoms with Crippen molar-refractivity contribution in [3.8, 4) is 0 Å². The molecule has 2 saturated carbocycles. The van der Waals surface area contributed by atoms with E-state index in [1.807, 2.05) is 0 Å². The highest BCUT2D eigenvalue weighted by Crippen LogP contribution is 2.28. The molecule has 2 aliphatic carbocycles. The largest absolute Gasteiger partial charge is 0.273 e. The topological polar surface area (TPSA) is 41.5 Å². The van der Waals surface area contributed by atoms with Gasteiger partial charge in [0, 0.05) is 11.6 Å². The normalized spacial score (nSPS) is 22.6. The van der Waals surface area contributed by atoms with Gasteiger partial charge in [-0.1, -0.05) is 6.42 Å². The molecule has 3 nitrogen and oxygen atoms in total. The van der Waals surface area contributed by atoms with Crippen LogP contribution in [0.3, 0.4) is 0 Å². The Hall–Kier alpha value is -0.860. The molecule has 0 aromatic rings. The van der Waals surface area contributed by atoms with Crippen molar-refractivity contribution in [1.82, 2.24) is 5.43 Å². The van der Waals surface area contributed by atoms with Crippen LogP contribution in [0.5, 0.6) is 0 Å². The smallest absolute Gasteiger partial charge is 0.243 e. The summed E-state index contributed by atoms with van der Waals surface area (Å²) in [6.45, 7) is 0. The van der Waals surface area contributed by atoms with Crippen molar-refractivity contribution in [2.45, 2.75) is 44.9 Å². The molecule has 13 heavy (non-hydrogen) atoms. The molecule has 0 atom stereocenters. The summed E-state index contributed by atoms with van der Waals surface area (Å²) in [7, 11) is 0. The van der Waals surface area contributed by atoms with E-state index < -0.39 is 0 Å². The van der Waals surface area contributed by atoms with Crippen molar-refractivity contribution in [2.24, 2.45) is 11.0 Å². The SMILES string of the molecule is O=C(NN=C1CCCCC1)C1CC1. The van der Waals surface area contributed by atoms with Gasteiger partial charge in [-0.2, -0.15) is 5.10 Å². The third-order valence-corrected chi connectivity index (χ3v) is 2.70. The van der Waals surface area contributed by atoms with E-state index in [1.165, 1.54) is 25.0 Å². The number of nitrogens with one attached hydrogen (secondary N) is 1. The first-order valence-corrected chi connectivity index (χ1v) is 5.21. The van der Waals surface area contributed by atoms with E-state index in [4.69, 9.17) is 0 Å². The highest BCUT2D eigenvalue weighted by atomic mass is 16.2. The van der Waals surface area contributed by atoms with Crippen molar-refractivity contribution in [3.05, 3.63) is 0 Å². The fourth-order valence-corrected chi connectivity index (χ4v) is 1.64. The Morgan fingerprint density at radius 1 is 1.23 bits per heavy atom. The Morgan fingerprint density at radius 3 is 2.54 bits per heavy atom. The Morgan fingerprint density at radius 2 is 1.92 bits per heavy atom. The van der Waals surface area contributed by atoms with Crippen LogP contribution in [0.15, 0.2) is 5.10 Å². The molecule has 0 spiro atoms. The minimum Gasteiger partial charge on any atom is -0.273 e. The number of carbonyl (C=O) groups excluding carboxylic acids is 1. The number of rotatable bonds is 2. The Kier molecular flexibility index (Phi) is 2.62. The van der Waals surface area contributed by atoms with Crippen molar-refractivity contribution in [1.29, 1.82) is 0 Å². The fourth-order valence-electron chi connectivity index (χ4n) is 1.64. The summed E-state index contributed by atoms with van der Waals surface area (Å²) < 4.78 is 0. The molecule has 0 radical (unpaired) electrons. The summed E-state index contributed by atoms with van der Waals surface area (Å²) in [6.07, 6.45) is 8.04. The number of amides is 1. The van der Waals surface area contributed by atoms with E-state index in [0.717, 1.165) is 25.7 Å². The van der Waals surface area contributed by atoms with Crippen molar-refractivity contribution >= 4 is 11.6 Å². The lowest BCUT2D eigenvalue weighted by atomic mass is 9.99. The summed E-state index contributed by atoms with van der Waals surface area (Å²) >= 11 is 0. The molecule has 0 aromatic carbocycles. The van der Waals surface area contributed by atoms with Gasteiger partial charge < -0.3 is 0 Å². The molecule has 0 bridgehead atoms. The van der Waals surface area contributed by atoms with E-state index in [2.05, 4.69) is 10.5 Å². The Labute approximate surface area is 78.6 Å². The van der Waals surface area contributed by atoms with Gasteiger partial charge in [-0.25, -0.2) is 5.43 Å². The van der Waals surface area contributed by atoms with Crippen molar-refractivity contribution in [2.75, 3.05) is 0 Å². The lowest BCUT2D eigenvalue weighted by molar-refractivity contribution is -0.122. The summed E-state index contributed by atoms with van der Waals surface area (Å²) in [5.74, 6) is 0.394. The molecule has 3 heteroatoms. The van der Waals surface area contributed by atoms with E-state index in [1.54, 1.807) is 0 Å². The van der Waals surface area contributed by atoms with Gasteiger partial charge in [0.15, 0.2) is 0 Å². The second kappa shape index (κ2) is 3.90. The Bertz CT molecular complexity index is 223. The van der Waals surface area contributed by atoms with Gasteiger partial charge in [-0.05, 0) is 38.5 Å². The van der Waals surface area contributed by atoms with Gasteiger partial charge in [0.05, 0.1) is 0 Å². The maximum Gasteiger partial charge on any atom is 0.243 e. The molecular weight excluding hydrogens is 164 g/mol. The van der Waals surface area contributed by atoms with Crippen LogP contribution in [-0.4, -0.2) is 11.6 Å².